The van der Waals surface area contributed by atoms with Crippen molar-refractivity contribution in [2.75, 3.05) is 6.61 Å². The molecule has 3 N–H and O–H groups in total. The number of aliphatic hydroxyl groups excluding tert-OH is 2. The van der Waals surface area contributed by atoms with Crippen LogP contribution >= 0.6 is 0 Å². The molecule has 6 nitrogen and oxygen atoms in total. The smallest absolute Gasteiger partial charge is 0.243 e. The third-order valence-corrected chi connectivity index (χ3v) is 6.59. The van der Waals surface area contributed by atoms with Crippen LogP contribution in [0.4, 0.5) is 0 Å². The Morgan fingerprint density at radius 1 is 1.23 bits per heavy atom. The molecular weight excluding hydrogens is 394 g/mol. The normalized spacial score (nSPS) is 36.8. The highest BCUT2D eigenvalue weighted by atomic mass is 16.6. The van der Waals surface area contributed by atoms with Gasteiger partial charge in [0, 0.05) is 18.5 Å². The van der Waals surface area contributed by atoms with Gasteiger partial charge in [-0.15, -0.1) is 0 Å². The minimum Gasteiger partial charge on any atom is -0.389 e. The zero-order valence-electron chi connectivity index (χ0n) is 19.3. The maximum Gasteiger partial charge on any atom is 0.243 e. The van der Waals surface area contributed by atoms with E-state index in [9.17, 15) is 15.0 Å². The van der Waals surface area contributed by atoms with Crippen LogP contribution in [0.5, 0.6) is 0 Å². The Bertz CT molecular complexity index is 711. The molecule has 1 aliphatic carbocycles. The topological polar surface area (TPSA) is 91.3 Å². The van der Waals surface area contributed by atoms with Crippen LogP contribution in [0, 0.1) is 5.92 Å². The predicted molar refractivity (Wildman–Crippen MR) is 120 cm³/mol. The van der Waals surface area contributed by atoms with Crippen LogP contribution in [0.3, 0.4) is 0 Å². The van der Waals surface area contributed by atoms with E-state index in [-0.39, 0.29) is 23.7 Å². The molecule has 3 rings (SSSR count). The minimum atomic E-state index is -0.620. The summed E-state index contributed by atoms with van der Waals surface area (Å²) in [6, 6.07) is 0.220. The van der Waals surface area contributed by atoms with Gasteiger partial charge in [-0.3, -0.25) is 4.79 Å². The van der Waals surface area contributed by atoms with Crippen molar-refractivity contribution in [1.82, 2.24) is 5.32 Å². The van der Waals surface area contributed by atoms with Crippen molar-refractivity contribution >= 4 is 5.91 Å². The summed E-state index contributed by atoms with van der Waals surface area (Å²) in [4.78, 5) is 11.9. The first-order valence-corrected chi connectivity index (χ1v) is 11.6. The van der Waals surface area contributed by atoms with Crippen molar-refractivity contribution in [2.24, 2.45) is 5.92 Å². The molecule has 0 radical (unpaired) electrons. The molecule has 2 heterocycles. The highest BCUT2D eigenvalue weighted by Gasteiger charge is 2.60. The number of carbonyl (C=O) groups excluding carboxylic acids is 1. The summed E-state index contributed by atoms with van der Waals surface area (Å²) in [6.07, 6.45) is 13.5. The highest BCUT2D eigenvalue weighted by molar-refractivity contribution is 5.87. The van der Waals surface area contributed by atoms with Crippen LogP contribution in [0.2, 0.25) is 0 Å². The van der Waals surface area contributed by atoms with E-state index < -0.39 is 17.8 Å². The van der Waals surface area contributed by atoms with Crippen molar-refractivity contribution in [2.45, 2.75) is 102 Å². The Morgan fingerprint density at radius 2 is 1.90 bits per heavy atom. The number of ether oxygens (including phenoxy) is 2. The second-order valence-corrected chi connectivity index (χ2v) is 10.2. The second-order valence-electron chi connectivity index (χ2n) is 10.2. The van der Waals surface area contributed by atoms with Gasteiger partial charge in [0.15, 0.2) is 0 Å². The second kappa shape index (κ2) is 9.99. The van der Waals surface area contributed by atoms with E-state index in [0.717, 1.165) is 38.5 Å². The fraction of sp³-hybridized carbons (Fsp3) is 0.720. The van der Waals surface area contributed by atoms with Crippen molar-refractivity contribution in [3.8, 4) is 0 Å². The molecule has 0 unspecified atom stereocenters. The van der Waals surface area contributed by atoms with Crippen molar-refractivity contribution in [3.05, 3.63) is 36.0 Å². The maximum atomic E-state index is 11.9. The Balaban J connectivity index is 1.42. The van der Waals surface area contributed by atoms with Gasteiger partial charge in [0.25, 0.3) is 0 Å². The number of carbonyl (C=O) groups is 1. The molecule has 0 bridgehead atoms. The summed E-state index contributed by atoms with van der Waals surface area (Å²) in [5.41, 5.74) is 0.445. The van der Waals surface area contributed by atoms with Gasteiger partial charge in [0.05, 0.1) is 18.3 Å². The Hall–Kier alpha value is -1.47. The molecule has 0 aromatic carbocycles. The first-order valence-electron chi connectivity index (χ1n) is 11.6. The molecule has 4 atom stereocenters. The van der Waals surface area contributed by atoms with Gasteiger partial charge in [0.1, 0.15) is 17.8 Å². The minimum absolute atomic E-state index is 0.126. The highest BCUT2D eigenvalue weighted by Crippen LogP contribution is 2.46. The van der Waals surface area contributed by atoms with Gasteiger partial charge in [-0.2, -0.15) is 0 Å². The van der Waals surface area contributed by atoms with Gasteiger partial charge in [-0.25, -0.2) is 0 Å². The van der Waals surface area contributed by atoms with E-state index in [1.165, 1.54) is 17.7 Å². The molecular formula is C25H39NO5. The number of rotatable bonds is 7. The third kappa shape index (κ3) is 7.01. The largest absolute Gasteiger partial charge is 0.389 e. The summed E-state index contributed by atoms with van der Waals surface area (Å²) in [5, 5.41) is 22.9. The quantitative estimate of drug-likeness (QED) is 0.326. The van der Waals surface area contributed by atoms with Gasteiger partial charge in [0.2, 0.25) is 5.91 Å². The van der Waals surface area contributed by atoms with E-state index >= 15 is 0 Å². The molecule has 6 heteroatoms. The lowest BCUT2D eigenvalue weighted by Crippen LogP contribution is -2.53. The summed E-state index contributed by atoms with van der Waals surface area (Å²) >= 11 is 0. The fourth-order valence-electron chi connectivity index (χ4n) is 4.79. The summed E-state index contributed by atoms with van der Waals surface area (Å²) < 4.78 is 11.7. The molecule has 3 aliphatic rings. The Morgan fingerprint density at radius 3 is 2.52 bits per heavy atom. The van der Waals surface area contributed by atoms with Crippen LogP contribution in [0.15, 0.2) is 36.0 Å². The number of hydrogen-bond acceptors (Lipinski definition) is 5. The van der Waals surface area contributed by atoms with E-state index in [0.29, 0.717) is 12.5 Å². The van der Waals surface area contributed by atoms with Crippen LogP contribution < -0.4 is 5.32 Å². The Labute approximate surface area is 186 Å². The first-order chi connectivity index (χ1) is 14.6. The number of epoxide rings is 1. The lowest BCUT2D eigenvalue weighted by Gasteiger charge is -2.41. The molecule has 3 fully saturated rings. The zero-order valence-corrected chi connectivity index (χ0v) is 19.3. The molecule has 2 saturated heterocycles. The average molecular weight is 434 g/mol. The van der Waals surface area contributed by atoms with Crippen molar-refractivity contribution < 1.29 is 24.5 Å². The summed E-state index contributed by atoms with van der Waals surface area (Å²) in [6.45, 7) is 8.42. The van der Waals surface area contributed by atoms with Crippen molar-refractivity contribution in [1.29, 1.82) is 0 Å². The summed E-state index contributed by atoms with van der Waals surface area (Å²) in [7, 11) is 0. The standard InChI is InChI=1S/C25H39NO5/c1-17(6-13-21-23(29)25(16-30-25)15-24(3,4)31-21)5-8-19-9-11-20(12-10-19)26-22(28)14-7-18(2)27/h5-7,13-14,18-21,23,27,29H,8-12,15-16H2,1-4H3,(H,26,28)/b13-6+,14-7-,17-5+/t18-,19-,20+,21+,23+,25+/m0/s1. The van der Waals surface area contributed by atoms with E-state index in [1.54, 1.807) is 6.92 Å². The number of nitrogens with one attached hydrogen (secondary N) is 1. The third-order valence-electron chi connectivity index (χ3n) is 6.59. The van der Waals surface area contributed by atoms with Gasteiger partial charge >= 0.3 is 0 Å². The molecule has 174 valence electrons. The first kappa shape index (κ1) is 24.2. The zero-order chi connectivity index (χ0) is 22.6. The van der Waals surface area contributed by atoms with Gasteiger partial charge < -0.3 is 25.0 Å². The molecule has 2 aliphatic heterocycles. The van der Waals surface area contributed by atoms with E-state index in [4.69, 9.17) is 9.47 Å². The maximum absolute atomic E-state index is 11.9. The number of allylic oxidation sites excluding steroid dienone is 3. The molecule has 0 aromatic heterocycles. The monoisotopic (exact) mass is 433 g/mol. The van der Waals surface area contributed by atoms with Crippen molar-refractivity contribution in [3.63, 3.8) is 0 Å². The number of hydrogen-bond donors (Lipinski definition) is 3. The summed E-state index contributed by atoms with van der Waals surface area (Å²) in [5.74, 6) is 0.502. The molecule has 1 spiro atoms. The lowest BCUT2D eigenvalue weighted by molar-refractivity contribution is -0.171. The predicted octanol–water partition coefficient (Wildman–Crippen LogP) is 3.19. The van der Waals surface area contributed by atoms with Crippen LogP contribution in [-0.2, 0) is 14.3 Å². The molecule has 1 saturated carbocycles. The van der Waals surface area contributed by atoms with E-state index in [2.05, 4.69) is 18.3 Å². The van der Waals surface area contributed by atoms with Crippen LogP contribution in [0.25, 0.3) is 0 Å². The average Bonchev–Trinajstić information content (AvgIpc) is 3.47. The number of amides is 1. The molecule has 1 amide bonds. The Kier molecular flexibility index (Phi) is 7.79. The fourth-order valence-corrected chi connectivity index (χ4v) is 4.79. The molecule has 31 heavy (non-hydrogen) atoms. The number of aliphatic hydroxyl groups is 2. The van der Waals surface area contributed by atoms with Gasteiger partial charge in [-0.05, 0) is 65.7 Å². The van der Waals surface area contributed by atoms with Crippen LogP contribution in [0.1, 0.15) is 66.2 Å². The van der Waals surface area contributed by atoms with Crippen LogP contribution in [-0.4, -0.2) is 58.3 Å². The van der Waals surface area contributed by atoms with Gasteiger partial charge in [-0.1, -0.05) is 29.9 Å². The SMILES string of the molecule is CC(/C=C/[C@H]1OC(C)(C)C[C@@]2(CO2)[C@@H]1O)=C\C[C@H]1CC[C@@H](NC(=O)/C=C\[C@H](C)O)CC1. The van der Waals surface area contributed by atoms with E-state index in [1.807, 2.05) is 26.0 Å². The molecule has 0 aromatic rings. The lowest BCUT2D eigenvalue weighted by atomic mass is 9.83.